The molecule has 1 aromatic carbocycles. The number of aromatic nitrogens is 1. The van der Waals surface area contributed by atoms with Crippen molar-refractivity contribution < 1.29 is 9.90 Å². The summed E-state index contributed by atoms with van der Waals surface area (Å²) in [5.41, 5.74) is 4.53. The van der Waals surface area contributed by atoms with E-state index in [1.54, 1.807) is 12.4 Å². The lowest BCUT2D eigenvalue weighted by molar-refractivity contribution is -0.118. The first kappa shape index (κ1) is 16.9. The maximum absolute atomic E-state index is 12.2. The number of benzene rings is 1. The first-order valence-electron chi connectivity index (χ1n) is 10.3. The van der Waals surface area contributed by atoms with Crippen LogP contribution in [0.4, 0.5) is 5.69 Å². The van der Waals surface area contributed by atoms with Crippen LogP contribution in [0.2, 0.25) is 0 Å². The fourth-order valence-electron chi connectivity index (χ4n) is 5.44. The van der Waals surface area contributed by atoms with Crippen molar-refractivity contribution in [2.24, 2.45) is 5.92 Å². The molecule has 1 fully saturated rings. The van der Waals surface area contributed by atoms with Gasteiger partial charge in [0.05, 0.1) is 5.69 Å². The van der Waals surface area contributed by atoms with Crippen LogP contribution in [-0.2, 0) is 23.2 Å². The van der Waals surface area contributed by atoms with Gasteiger partial charge in [-0.25, -0.2) is 0 Å². The van der Waals surface area contributed by atoms with Crippen LogP contribution in [0.25, 0.3) is 0 Å². The quantitative estimate of drug-likeness (QED) is 0.905. The second-order valence-corrected chi connectivity index (χ2v) is 8.28. The molecule has 5 rings (SSSR count). The van der Waals surface area contributed by atoms with Crippen molar-refractivity contribution in [1.29, 1.82) is 0 Å². The molecular weight excluding hydrogens is 336 g/mol. The lowest BCUT2D eigenvalue weighted by Gasteiger charge is -2.40. The summed E-state index contributed by atoms with van der Waals surface area (Å²) >= 11 is 0. The highest BCUT2D eigenvalue weighted by Gasteiger charge is 2.42. The monoisotopic (exact) mass is 362 g/mol. The molecule has 0 saturated heterocycles. The number of aryl methyl sites for hydroxylation is 1. The number of hydrogen-bond acceptors (Lipinski definition) is 3. The number of amides is 1. The smallest absolute Gasteiger partial charge is 0.227 e. The molecule has 1 N–H and O–H groups in total. The van der Waals surface area contributed by atoms with Crippen molar-refractivity contribution >= 4 is 11.6 Å². The van der Waals surface area contributed by atoms with Gasteiger partial charge in [0.25, 0.3) is 0 Å². The summed E-state index contributed by atoms with van der Waals surface area (Å²) in [5, 5.41) is 12.2. The van der Waals surface area contributed by atoms with Gasteiger partial charge in [0, 0.05) is 25.4 Å². The third-order valence-electron chi connectivity index (χ3n) is 6.81. The summed E-state index contributed by atoms with van der Waals surface area (Å²) in [7, 11) is 0. The van der Waals surface area contributed by atoms with Crippen LogP contribution in [0.3, 0.4) is 0 Å². The molecule has 2 aromatic rings. The number of rotatable bonds is 3. The number of aliphatic hydroxyl groups is 1. The standard InChI is InChI=1S/C23H26N2O2/c26-21-7-6-16-14-20(15-17-10-13-25(21)22(16)17)23(27,18-4-2-1-3-5-18)19-8-11-24-12-9-19/h8-9,11-12,14-15,18,27H,1-7,10,13H2. The Morgan fingerprint density at radius 3 is 2.41 bits per heavy atom. The van der Waals surface area contributed by atoms with Crippen molar-refractivity contribution in [2.75, 3.05) is 11.4 Å². The van der Waals surface area contributed by atoms with Gasteiger partial charge in [-0.1, -0.05) is 31.4 Å². The van der Waals surface area contributed by atoms with Crippen molar-refractivity contribution in [3.8, 4) is 0 Å². The minimum absolute atomic E-state index is 0.224. The molecule has 0 bridgehead atoms. The van der Waals surface area contributed by atoms with Gasteiger partial charge in [0.2, 0.25) is 5.91 Å². The lowest BCUT2D eigenvalue weighted by atomic mass is 9.69. The summed E-state index contributed by atoms with van der Waals surface area (Å²) in [6.45, 7) is 0.779. The first-order chi connectivity index (χ1) is 13.2. The van der Waals surface area contributed by atoms with Crippen LogP contribution in [0.1, 0.15) is 60.8 Å². The summed E-state index contributed by atoms with van der Waals surface area (Å²) in [6, 6.07) is 8.28. The third-order valence-corrected chi connectivity index (χ3v) is 6.81. The highest BCUT2D eigenvalue weighted by Crippen LogP contribution is 2.47. The largest absolute Gasteiger partial charge is 0.380 e. The lowest BCUT2D eigenvalue weighted by Crippen LogP contribution is -2.38. The molecule has 27 heavy (non-hydrogen) atoms. The Kier molecular flexibility index (Phi) is 4.05. The molecular formula is C23H26N2O2. The molecule has 1 atom stereocenters. The fourth-order valence-corrected chi connectivity index (χ4v) is 5.44. The summed E-state index contributed by atoms with van der Waals surface area (Å²) in [5.74, 6) is 0.465. The van der Waals surface area contributed by atoms with E-state index in [0.717, 1.165) is 49.0 Å². The topological polar surface area (TPSA) is 53.4 Å². The van der Waals surface area contributed by atoms with Crippen LogP contribution in [0.5, 0.6) is 0 Å². The van der Waals surface area contributed by atoms with Gasteiger partial charge in [0.15, 0.2) is 0 Å². The molecule has 3 heterocycles. The summed E-state index contributed by atoms with van der Waals surface area (Å²) in [6.07, 6.45) is 11.5. The zero-order chi connectivity index (χ0) is 18.4. The Bertz CT molecular complexity index is 873. The molecule has 140 valence electrons. The van der Waals surface area contributed by atoms with Crippen molar-refractivity contribution in [3.63, 3.8) is 0 Å². The summed E-state index contributed by atoms with van der Waals surface area (Å²) in [4.78, 5) is 18.4. The van der Waals surface area contributed by atoms with E-state index in [9.17, 15) is 9.90 Å². The highest BCUT2D eigenvalue weighted by molar-refractivity contribution is 5.98. The van der Waals surface area contributed by atoms with Gasteiger partial charge in [0.1, 0.15) is 5.60 Å². The predicted octanol–water partition coefficient (Wildman–Crippen LogP) is 3.73. The Hall–Kier alpha value is -2.20. The third kappa shape index (κ3) is 2.61. The zero-order valence-electron chi connectivity index (χ0n) is 15.7. The molecule has 1 saturated carbocycles. The van der Waals surface area contributed by atoms with Crippen LogP contribution in [0, 0.1) is 5.92 Å². The Morgan fingerprint density at radius 1 is 0.963 bits per heavy atom. The average molecular weight is 362 g/mol. The fraction of sp³-hybridized carbons (Fsp3) is 0.478. The van der Waals surface area contributed by atoms with Crippen molar-refractivity contribution in [3.05, 3.63) is 58.9 Å². The van der Waals surface area contributed by atoms with E-state index in [0.29, 0.717) is 6.42 Å². The Labute approximate surface area is 160 Å². The SMILES string of the molecule is O=C1CCc2cc(C(O)(c3ccncc3)C3CCCCC3)cc3c2N1CC3. The molecule has 1 aliphatic carbocycles. The molecule has 1 amide bonds. The van der Waals surface area contributed by atoms with E-state index < -0.39 is 5.60 Å². The maximum atomic E-state index is 12.2. The van der Waals surface area contributed by atoms with Gasteiger partial charge >= 0.3 is 0 Å². The van der Waals surface area contributed by atoms with Gasteiger partial charge in [-0.15, -0.1) is 0 Å². The number of carbonyl (C=O) groups excluding carboxylic acids is 1. The number of pyridine rings is 1. The van der Waals surface area contributed by atoms with Gasteiger partial charge in [-0.05, 0) is 66.0 Å². The second kappa shape index (κ2) is 6.45. The molecule has 0 radical (unpaired) electrons. The zero-order valence-corrected chi connectivity index (χ0v) is 15.7. The Balaban J connectivity index is 1.66. The number of nitrogens with zero attached hydrogens (tertiary/aromatic N) is 2. The van der Waals surface area contributed by atoms with E-state index in [-0.39, 0.29) is 11.8 Å². The van der Waals surface area contributed by atoms with Crippen molar-refractivity contribution in [2.45, 2.75) is 57.0 Å². The van der Waals surface area contributed by atoms with Gasteiger partial charge < -0.3 is 10.0 Å². The van der Waals surface area contributed by atoms with Gasteiger partial charge in [-0.2, -0.15) is 0 Å². The van der Waals surface area contributed by atoms with E-state index >= 15 is 0 Å². The van der Waals surface area contributed by atoms with E-state index in [2.05, 4.69) is 17.1 Å². The van der Waals surface area contributed by atoms with Crippen LogP contribution >= 0.6 is 0 Å². The average Bonchev–Trinajstić information content (AvgIpc) is 3.17. The van der Waals surface area contributed by atoms with E-state index in [4.69, 9.17) is 0 Å². The molecule has 4 nitrogen and oxygen atoms in total. The number of anilines is 1. The molecule has 0 spiro atoms. The number of carbonyl (C=O) groups is 1. The van der Waals surface area contributed by atoms with Crippen LogP contribution in [-0.4, -0.2) is 22.5 Å². The molecule has 1 unspecified atom stereocenters. The molecule has 1 aromatic heterocycles. The molecule has 2 aliphatic heterocycles. The highest BCUT2D eigenvalue weighted by atomic mass is 16.3. The number of hydrogen-bond donors (Lipinski definition) is 1. The van der Waals surface area contributed by atoms with Crippen LogP contribution < -0.4 is 4.90 Å². The Morgan fingerprint density at radius 2 is 1.67 bits per heavy atom. The maximum Gasteiger partial charge on any atom is 0.227 e. The molecule has 3 aliphatic rings. The predicted molar refractivity (Wildman–Crippen MR) is 105 cm³/mol. The second-order valence-electron chi connectivity index (χ2n) is 8.28. The molecule has 4 heteroatoms. The minimum Gasteiger partial charge on any atom is -0.380 e. The minimum atomic E-state index is -0.982. The summed E-state index contributed by atoms with van der Waals surface area (Å²) < 4.78 is 0. The van der Waals surface area contributed by atoms with Crippen LogP contribution in [0.15, 0.2) is 36.7 Å². The normalized spacial score (nSPS) is 21.8. The first-order valence-corrected chi connectivity index (χ1v) is 10.3. The van der Waals surface area contributed by atoms with E-state index in [1.165, 1.54) is 30.4 Å². The van der Waals surface area contributed by atoms with E-state index in [1.807, 2.05) is 17.0 Å². The van der Waals surface area contributed by atoms with Gasteiger partial charge in [-0.3, -0.25) is 9.78 Å². The van der Waals surface area contributed by atoms with Crippen molar-refractivity contribution in [1.82, 2.24) is 4.98 Å².